The summed E-state index contributed by atoms with van der Waals surface area (Å²) in [5.41, 5.74) is 0.955. The third-order valence-corrected chi connectivity index (χ3v) is 2.76. The second-order valence-corrected chi connectivity index (χ2v) is 4.62. The lowest BCUT2D eigenvalue weighted by Gasteiger charge is -2.18. The molecule has 0 aliphatic carbocycles. The van der Waals surface area contributed by atoms with Crippen molar-refractivity contribution in [1.29, 1.82) is 0 Å². The molecule has 0 fully saturated rings. The van der Waals surface area contributed by atoms with Gasteiger partial charge in [-0.25, -0.2) is 4.39 Å². The molecule has 0 radical (unpaired) electrons. The van der Waals surface area contributed by atoms with Crippen LogP contribution < -0.4 is 0 Å². The Morgan fingerprint density at radius 1 is 1.00 bits per heavy atom. The number of benzene rings is 2. The summed E-state index contributed by atoms with van der Waals surface area (Å²) in [6.07, 6.45) is 0. The highest BCUT2D eigenvalue weighted by atomic mass is 19.1. The van der Waals surface area contributed by atoms with Gasteiger partial charge < -0.3 is 5.11 Å². The van der Waals surface area contributed by atoms with Gasteiger partial charge in [0.2, 0.25) is 0 Å². The molecule has 2 aromatic carbocycles. The van der Waals surface area contributed by atoms with E-state index in [0.29, 0.717) is 11.1 Å². The van der Waals surface area contributed by atoms with Gasteiger partial charge in [-0.15, -0.1) is 0 Å². The van der Waals surface area contributed by atoms with Crippen LogP contribution in [0.2, 0.25) is 0 Å². The van der Waals surface area contributed by atoms with Gasteiger partial charge in [0.15, 0.2) is 0 Å². The minimum Gasteiger partial charge on any atom is -0.386 e. The van der Waals surface area contributed by atoms with Crippen molar-refractivity contribution in [3.05, 3.63) is 59.9 Å². The van der Waals surface area contributed by atoms with Crippen LogP contribution in [0.4, 0.5) is 4.39 Å². The predicted octanol–water partition coefficient (Wildman–Crippen LogP) is 3.72. The monoisotopic (exact) mass is 230 g/mol. The fraction of sp³-hybridized carbons (Fsp3) is 0.200. The predicted molar refractivity (Wildman–Crippen MR) is 67.1 cm³/mol. The van der Waals surface area contributed by atoms with E-state index in [1.54, 1.807) is 26.0 Å². The first-order valence-corrected chi connectivity index (χ1v) is 5.56. The van der Waals surface area contributed by atoms with E-state index in [4.69, 9.17) is 0 Å². The SMILES string of the molecule is CC(C)(O)c1ccc(-c2ccccc2)c(F)c1. The fourth-order valence-corrected chi connectivity index (χ4v) is 1.75. The van der Waals surface area contributed by atoms with Gasteiger partial charge in [-0.3, -0.25) is 0 Å². The second-order valence-electron chi connectivity index (χ2n) is 4.62. The fourth-order valence-electron chi connectivity index (χ4n) is 1.75. The molecule has 0 amide bonds. The van der Waals surface area contributed by atoms with Gasteiger partial charge in [-0.05, 0) is 31.0 Å². The Hall–Kier alpha value is -1.67. The summed E-state index contributed by atoms with van der Waals surface area (Å²) in [5, 5.41) is 9.81. The van der Waals surface area contributed by atoms with E-state index in [1.165, 1.54) is 6.07 Å². The summed E-state index contributed by atoms with van der Waals surface area (Å²) >= 11 is 0. The van der Waals surface area contributed by atoms with Crippen molar-refractivity contribution in [3.8, 4) is 11.1 Å². The Kier molecular flexibility index (Phi) is 2.99. The van der Waals surface area contributed by atoms with Crippen LogP contribution >= 0.6 is 0 Å². The molecule has 2 heteroatoms. The summed E-state index contributed by atoms with van der Waals surface area (Å²) in [6.45, 7) is 3.29. The van der Waals surface area contributed by atoms with Crippen LogP contribution in [0.3, 0.4) is 0 Å². The van der Waals surface area contributed by atoms with E-state index in [1.807, 2.05) is 30.3 Å². The molecule has 88 valence electrons. The average Bonchev–Trinajstić information content (AvgIpc) is 2.29. The van der Waals surface area contributed by atoms with E-state index in [2.05, 4.69) is 0 Å². The Morgan fingerprint density at radius 3 is 2.18 bits per heavy atom. The molecule has 0 aromatic heterocycles. The van der Waals surface area contributed by atoms with Crippen molar-refractivity contribution >= 4 is 0 Å². The van der Waals surface area contributed by atoms with E-state index >= 15 is 0 Å². The number of hydrogen-bond donors (Lipinski definition) is 1. The normalized spacial score (nSPS) is 11.5. The van der Waals surface area contributed by atoms with Gasteiger partial charge in [-0.2, -0.15) is 0 Å². The van der Waals surface area contributed by atoms with Gasteiger partial charge in [0, 0.05) is 5.56 Å². The molecule has 0 aliphatic rings. The maximum absolute atomic E-state index is 14.0. The molecule has 0 aliphatic heterocycles. The van der Waals surface area contributed by atoms with Crippen molar-refractivity contribution in [2.75, 3.05) is 0 Å². The third-order valence-electron chi connectivity index (χ3n) is 2.76. The van der Waals surface area contributed by atoms with Crippen molar-refractivity contribution in [2.45, 2.75) is 19.4 Å². The Morgan fingerprint density at radius 2 is 1.65 bits per heavy atom. The number of hydrogen-bond acceptors (Lipinski definition) is 1. The third kappa shape index (κ3) is 2.53. The highest BCUT2D eigenvalue weighted by Crippen LogP contribution is 2.27. The van der Waals surface area contributed by atoms with Crippen LogP contribution in [0.15, 0.2) is 48.5 Å². The zero-order valence-corrected chi connectivity index (χ0v) is 9.94. The van der Waals surface area contributed by atoms with Crippen LogP contribution in [0.1, 0.15) is 19.4 Å². The van der Waals surface area contributed by atoms with Crippen molar-refractivity contribution in [2.24, 2.45) is 0 Å². The average molecular weight is 230 g/mol. The zero-order chi connectivity index (χ0) is 12.5. The summed E-state index contributed by atoms with van der Waals surface area (Å²) < 4.78 is 14.0. The minimum absolute atomic E-state index is 0.309. The molecule has 17 heavy (non-hydrogen) atoms. The van der Waals surface area contributed by atoms with Gasteiger partial charge in [0.1, 0.15) is 5.82 Å². The van der Waals surface area contributed by atoms with Crippen LogP contribution in [-0.4, -0.2) is 5.11 Å². The van der Waals surface area contributed by atoms with E-state index in [0.717, 1.165) is 5.56 Å². The highest BCUT2D eigenvalue weighted by Gasteiger charge is 2.17. The van der Waals surface area contributed by atoms with Crippen molar-refractivity contribution in [1.82, 2.24) is 0 Å². The summed E-state index contributed by atoms with van der Waals surface area (Å²) in [5.74, 6) is -0.309. The summed E-state index contributed by atoms with van der Waals surface area (Å²) in [4.78, 5) is 0. The Labute approximate surface area is 101 Å². The molecule has 0 heterocycles. The molecule has 1 nitrogen and oxygen atoms in total. The molecule has 0 spiro atoms. The Bertz CT molecular complexity index is 512. The second kappa shape index (κ2) is 4.30. The molecule has 2 aromatic rings. The quantitative estimate of drug-likeness (QED) is 0.833. The van der Waals surface area contributed by atoms with E-state index in [-0.39, 0.29) is 5.82 Å². The molecule has 2 rings (SSSR count). The summed E-state index contributed by atoms with van der Waals surface area (Å²) in [7, 11) is 0. The summed E-state index contributed by atoms with van der Waals surface area (Å²) in [6, 6.07) is 14.2. The Balaban J connectivity index is 2.46. The first-order valence-electron chi connectivity index (χ1n) is 5.56. The zero-order valence-electron chi connectivity index (χ0n) is 9.94. The molecule has 0 atom stereocenters. The first kappa shape index (κ1) is 11.8. The lowest BCUT2D eigenvalue weighted by atomic mass is 9.95. The maximum Gasteiger partial charge on any atom is 0.131 e. The lowest BCUT2D eigenvalue weighted by Crippen LogP contribution is -2.15. The lowest BCUT2D eigenvalue weighted by molar-refractivity contribution is 0.0782. The van der Waals surface area contributed by atoms with Crippen molar-refractivity contribution < 1.29 is 9.50 Å². The number of aliphatic hydroxyl groups is 1. The van der Waals surface area contributed by atoms with Gasteiger partial charge in [-0.1, -0.05) is 42.5 Å². The molecule has 0 saturated carbocycles. The maximum atomic E-state index is 14.0. The molecular formula is C15H15FO. The molecular weight excluding hydrogens is 215 g/mol. The molecule has 0 saturated heterocycles. The first-order chi connectivity index (χ1) is 7.98. The topological polar surface area (TPSA) is 20.2 Å². The molecule has 0 unspecified atom stereocenters. The molecule has 0 bridgehead atoms. The number of halogens is 1. The minimum atomic E-state index is -1.02. The van der Waals surface area contributed by atoms with E-state index < -0.39 is 5.60 Å². The van der Waals surface area contributed by atoms with Gasteiger partial charge in [0.25, 0.3) is 0 Å². The molecule has 1 N–H and O–H groups in total. The highest BCUT2D eigenvalue weighted by molar-refractivity contribution is 5.64. The van der Waals surface area contributed by atoms with Crippen LogP contribution in [0.25, 0.3) is 11.1 Å². The van der Waals surface area contributed by atoms with Crippen LogP contribution in [0.5, 0.6) is 0 Å². The standard InChI is InChI=1S/C15H15FO/c1-15(2,17)12-8-9-13(14(16)10-12)11-6-4-3-5-7-11/h3-10,17H,1-2H3. The van der Waals surface area contributed by atoms with Crippen molar-refractivity contribution in [3.63, 3.8) is 0 Å². The van der Waals surface area contributed by atoms with Gasteiger partial charge in [0.05, 0.1) is 5.60 Å². The number of rotatable bonds is 2. The smallest absolute Gasteiger partial charge is 0.131 e. The largest absolute Gasteiger partial charge is 0.386 e. The van der Waals surface area contributed by atoms with Crippen LogP contribution in [0, 0.1) is 5.82 Å². The van der Waals surface area contributed by atoms with Gasteiger partial charge >= 0.3 is 0 Å². The van der Waals surface area contributed by atoms with E-state index in [9.17, 15) is 9.50 Å². The van der Waals surface area contributed by atoms with Crippen LogP contribution in [-0.2, 0) is 5.60 Å².